The lowest BCUT2D eigenvalue weighted by atomic mass is 10.6. The fourth-order valence-corrected chi connectivity index (χ4v) is 0. The molecule has 0 aliphatic heterocycles. The molecular formula is C8H24Si. The van der Waals surface area contributed by atoms with Crippen LogP contribution in [-0.2, 0) is 0 Å². The van der Waals surface area contributed by atoms with Gasteiger partial charge in [-0.2, -0.15) is 0 Å². The topological polar surface area (TPSA) is 0 Å². The summed E-state index contributed by atoms with van der Waals surface area (Å²) >= 11 is 0. The Morgan fingerprint density at radius 3 is 0.889 bits per heavy atom. The maximum atomic E-state index is 2.33. The summed E-state index contributed by atoms with van der Waals surface area (Å²) in [7, 11) is -0.611. The Morgan fingerprint density at radius 2 is 0.889 bits per heavy atom. The molecule has 0 aromatic rings. The largest absolute Gasteiger partial charge is 0.0776 e. The Morgan fingerprint density at radius 1 is 0.889 bits per heavy atom. The standard InChI is InChI=1S/C4H12Si.C3H8.CH4/c1-5(2,3)4;1-3-2;/h1-4H3;3H2,1-2H3;1H4. The molecule has 0 amide bonds. The Bertz CT molecular complexity index is 28.3. The molecule has 0 nitrogen and oxygen atoms in total. The van der Waals surface area contributed by atoms with E-state index in [9.17, 15) is 0 Å². The van der Waals surface area contributed by atoms with E-state index >= 15 is 0 Å². The van der Waals surface area contributed by atoms with Crippen LogP contribution in [0.25, 0.3) is 0 Å². The highest BCUT2D eigenvalue weighted by atomic mass is 28.3. The van der Waals surface area contributed by atoms with Crippen molar-refractivity contribution in [3.63, 3.8) is 0 Å². The van der Waals surface area contributed by atoms with Gasteiger partial charge >= 0.3 is 0 Å². The molecule has 0 aromatic carbocycles. The van der Waals surface area contributed by atoms with Crippen LogP contribution in [-0.4, -0.2) is 8.07 Å². The predicted molar refractivity (Wildman–Crippen MR) is 51.9 cm³/mol. The Labute approximate surface area is 62.7 Å². The van der Waals surface area contributed by atoms with E-state index < -0.39 is 8.07 Å². The molecule has 1 heteroatoms. The van der Waals surface area contributed by atoms with E-state index in [0.717, 1.165) is 0 Å². The molecule has 0 N–H and O–H groups in total. The zero-order valence-electron chi connectivity index (χ0n) is 7.21. The highest BCUT2D eigenvalue weighted by molar-refractivity contribution is 6.74. The molecule has 0 spiro atoms. The van der Waals surface area contributed by atoms with Crippen molar-refractivity contribution in [2.45, 2.75) is 53.9 Å². The van der Waals surface area contributed by atoms with E-state index in [0.29, 0.717) is 0 Å². The van der Waals surface area contributed by atoms with Gasteiger partial charge in [-0.1, -0.05) is 53.9 Å². The summed E-state index contributed by atoms with van der Waals surface area (Å²) in [6.45, 7) is 13.6. The van der Waals surface area contributed by atoms with Crippen molar-refractivity contribution in [3.8, 4) is 0 Å². The van der Waals surface area contributed by atoms with Crippen LogP contribution in [0.3, 0.4) is 0 Å². The second-order valence-corrected chi connectivity index (χ2v) is 9.71. The van der Waals surface area contributed by atoms with E-state index in [1.807, 2.05) is 0 Å². The monoisotopic (exact) mass is 148 g/mol. The highest BCUT2D eigenvalue weighted by Crippen LogP contribution is 1.94. The molecule has 0 bridgehead atoms. The van der Waals surface area contributed by atoms with Crippen molar-refractivity contribution < 1.29 is 0 Å². The van der Waals surface area contributed by atoms with Gasteiger partial charge in [0.1, 0.15) is 0 Å². The summed E-state index contributed by atoms with van der Waals surface area (Å²) in [5.74, 6) is 0. The maximum Gasteiger partial charge on any atom is 0.0411 e. The van der Waals surface area contributed by atoms with Crippen LogP contribution in [0, 0.1) is 0 Å². The molecule has 0 rings (SSSR count). The fraction of sp³-hybridized carbons (Fsp3) is 1.00. The minimum Gasteiger partial charge on any atom is -0.0776 e. The summed E-state index contributed by atoms with van der Waals surface area (Å²) in [5, 5.41) is 0. The third-order valence-corrected chi connectivity index (χ3v) is 0. The first-order valence-electron chi connectivity index (χ1n) is 3.41. The van der Waals surface area contributed by atoms with E-state index in [-0.39, 0.29) is 7.43 Å². The minimum absolute atomic E-state index is 0. The lowest BCUT2D eigenvalue weighted by Crippen LogP contribution is -2.10. The second-order valence-electron chi connectivity index (χ2n) is 3.71. The van der Waals surface area contributed by atoms with Crippen LogP contribution in [0.2, 0.25) is 26.2 Å². The van der Waals surface area contributed by atoms with E-state index in [4.69, 9.17) is 0 Å². The Kier molecular flexibility index (Phi) is 14.7. The van der Waals surface area contributed by atoms with Crippen LogP contribution < -0.4 is 0 Å². The summed E-state index contributed by atoms with van der Waals surface area (Å²) in [5.41, 5.74) is 0. The van der Waals surface area contributed by atoms with Gasteiger partial charge < -0.3 is 0 Å². The summed E-state index contributed by atoms with van der Waals surface area (Å²) in [6, 6.07) is 0. The van der Waals surface area contributed by atoms with Gasteiger partial charge in [0.05, 0.1) is 0 Å². The average molecular weight is 148 g/mol. The first-order valence-corrected chi connectivity index (χ1v) is 7.41. The van der Waals surface area contributed by atoms with Gasteiger partial charge in [-0.3, -0.25) is 0 Å². The molecule has 9 heavy (non-hydrogen) atoms. The normalized spacial score (nSPS) is 8.67. The Hall–Kier alpha value is 0.217. The molecule has 0 saturated carbocycles. The van der Waals surface area contributed by atoms with Gasteiger partial charge in [0.2, 0.25) is 0 Å². The summed E-state index contributed by atoms with van der Waals surface area (Å²) < 4.78 is 0. The van der Waals surface area contributed by atoms with Crippen LogP contribution in [0.5, 0.6) is 0 Å². The molecule has 0 aromatic heterocycles. The molecule has 0 atom stereocenters. The van der Waals surface area contributed by atoms with Crippen molar-refractivity contribution in [2.24, 2.45) is 0 Å². The van der Waals surface area contributed by atoms with Gasteiger partial charge in [-0.05, 0) is 0 Å². The molecule has 0 radical (unpaired) electrons. The van der Waals surface area contributed by atoms with Gasteiger partial charge in [0.15, 0.2) is 0 Å². The molecule has 0 saturated heterocycles. The van der Waals surface area contributed by atoms with Crippen LogP contribution in [0.15, 0.2) is 0 Å². The smallest absolute Gasteiger partial charge is 0.0411 e. The lowest BCUT2D eigenvalue weighted by molar-refractivity contribution is 1.09. The Balaban J connectivity index is -0.0000000800. The third-order valence-electron chi connectivity index (χ3n) is 0. The second kappa shape index (κ2) is 8.22. The van der Waals surface area contributed by atoms with Crippen molar-refractivity contribution in [1.29, 1.82) is 0 Å². The van der Waals surface area contributed by atoms with E-state index in [1.165, 1.54) is 6.42 Å². The van der Waals surface area contributed by atoms with Crippen molar-refractivity contribution in [3.05, 3.63) is 0 Å². The van der Waals surface area contributed by atoms with Crippen LogP contribution >= 0.6 is 0 Å². The number of rotatable bonds is 0. The van der Waals surface area contributed by atoms with Crippen molar-refractivity contribution >= 4 is 8.07 Å². The lowest BCUT2D eigenvalue weighted by Gasteiger charge is -2.01. The van der Waals surface area contributed by atoms with Gasteiger partial charge in [0.25, 0.3) is 0 Å². The van der Waals surface area contributed by atoms with E-state index in [1.54, 1.807) is 0 Å². The SMILES string of the molecule is C.CCC.C[Si](C)(C)C. The highest BCUT2D eigenvalue weighted by Gasteiger charge is 1.99. The van der Waals surface area contributed by atoms with Crippen LogP contribution in [0.4, 0.5) is 0 Å². The van der Waals surface area contributed by atoms with E-state index in [2.05, 4.69) is 40.0 Å². The zero-order valence-corrected chi connectivity index (χ0v) is 8.21. The van der Waals surface area contributed by atoms with Crippen molar-refractivity contribution in [1.82, 2.24) is 0 Å². The first-order chi connectivity index (χ1) is 3.41. The molecule has 60 valence electrons. The van der Waals surface area contributed by atoms with Gasteiger partial charge in [-0.15, -0.1) is 0 Å². The van der Waals surface area contributed by atoms with Gasteiger partial charge in [-0.25, -0.2) is 0 Å². The van der Waals surface area contributed by atoms with Crippen LogP contribution in [0.1, 0.15) is 27.7 Å². The molecule has 0 aliphatic rings. The number of hydrogen-bond acceptors (Lipinski definition) is 0. The summed E-state index contributed by atoms with van der Waals surface area (Å²) in [4.78, 5) is 0. The average Bonchev–Trinajstić information content (AvgIpc) is 1.27. The maximum absolute atomic E-state index is 2.33. The quantitative estimate of drug-likeness (QED) is 0.455. The first kappa shape index (κ1) is 16.1. The number of hydrogen-bond donors (Lipinski definition) is 0. The third kappa shape index (κ3) is 6750. The van der Waals surface area contributed by atoms with Crippen molar-refractivity contribution in [2.75, 3.05) is 0 Å². The molecule has 0 heterocycles. The zero-order chi connectivity index (χ0) is 7.21. The minimum atomic E-state index is -0.611. The molecular weight excluding hydrogens is 124 g/mol. The molecule has 0 aliphatic carbocycles. The van der Waals surface area contributed by atoms with Gasteiger partial charge in [0, 0.05) is 8.07 Å². The summed E-state index contributed by atoms with van der Waals surface area (Å²) in [6.07, 6.45) is 1.25. The fourth-order valence-electron chi connectivity index (χ4n) is 0. The molecule has 0 unspecified atom stereocenters. The molecule has 0 fully saturated rings. The predicted octanol–water partition coefficient (Wildman–Crippen LogP) is 4.01.